The molecule has 2 heterocycles. The molecule has 1 aliphatic carbocycles. The van der Waals surface area contributed by atoms with Gasteiger partial charge in [-0.15, -0.1) is 0 Å². The van der Waals surface area contributed by atoms with E-state index in [2.05, 4.69) is 43.3 Å². The molecule has 2 aromatic carbocycles. The second-order valence-corrected chi connectivity index (χ2v) is 12.1. The molecule has 2 aliphatic heterocycles. The number of hydrogen-bond acceptors (Lipinski definition) is 6. The van der Waals surface area contributed by atoms with Crippen LogP contribution in [0.3, 0.4) is 0 Å². The van der Waals surface area contributed by atoms with E-state index in [0.29, 0.717) is 21.7 Å². The monoisotopic (exact) mass is 563 g/mol. The summed E-state index contributed by atoms with van der Waals surface area (Å²) in [5.74, 6) is -1.44. The van der Waals surface area contributed by atoms with Crippen molar-refractivity contribution in [1.29, 1.82) is 0 Å². The molecule has 0 aromatic heterocycles. The van der Waals surface area contributed by atoms with Gasteiger partial charge in [-0.3, -0.25) is 0 Å². The molecule has 2 aromatic rings. The van der Waals surface area contributed by atoms with Crippen molar-refractivity contribution in [2.45, 2.75) is 41.4 Å². The van der Waals surface area contributed by atoms with Crippen molar-refractivity contribution in [3.63, 3.8) is 0 Å². The topological polar surface area (TPSA) is 99.4 Å². The Morgan fingerprint density at radius 1 is 1.15 bits per heavy atom. The van der Waals surface area contributed by atoms with Crippen molar-refractivity contribution >= 4 is 5.57 Å². The Morgan fingerprint density at radius 3 is 2.42 bits per heavy atom. The fourth-order valence-corrected chi connectivity index (χ4v) is 6.39. The van der Waals surface area contributed by atoms with Crippen LogP contribution in [0.4, 0.5) is 0 Å². The maximum absolute atomic E-state index is 10.8. The van der Waals surface area contributed by atoms with Gasteiger partial charge in [0.25, 0.3) is 0 Å². The van der Waals surface area contributed by atoms with Crippen molar-refractivity contribution in [3.05, 3.63) is 88.4 Å². The maximum atomic E-state index is 10.8. The molecule has 4 N–H and O–H groups in total. The van der Waals surface area contributed by atoms with Crippen LogP contribution in [-0.2, 0) is 21.7 Å². The first-order valence-electron chi connectivity index (χ1n) is 11.0. The fraction of sp³-hybridized carbons (Fsp3) is 0.385. The molecule has 5 rings (SSSR count). The van der Waals surface area contributed by atoms with Crippen molar-refractivity contribution in [1.82, 2.24) is 0 Å². The summed E-state index contributed by atoms with van der Waals surface area (Å²) in [7, 11) is 1.37. The van der Waals surface area contributed by atoms with Crippen LogP contribution in [0.15, 0.2) is 60.6 Å². The van der Waals surface area contributed by atoms with Crippen LogP contribution >= 0.6 is 0 Å². The van der Waals surface area contributed by atoms with Crippen molar-refractivity contribution in [3.8, 4) is 0 Å². The number of hydrogen-bond donors (Lipinski definition) is 4. The zero-order valence-corrected chi connectivity index (χ0v) is 20.6. The standard InChI is InChI=1S/C26H28IO6/c1-14-9-20(14)16-5-3-15(4-6-16)10-17-11-18(7-8-19(17)21-12-27-21)26(32-2)25(31)24(30)23(29)22(13-28)33-26/h3-9,11,13-14,21,23-25,28-31H,10,12H2,1-2H3/q-1/b22-13+/t14?,21?,23-,24+,25-,26+/m1/s1. The van der Waals surface area contributed by atoms with Crippen LogP contribution in [0, 0.1) is 5.92 Å². The Bertz CT molecular complexity index is 1110. The van der Waals surface area contributed by atoms with Gasteiger partial charge < -0.3 is 0 Å². The van der Waals surface area contributed by atoms with Crippen LogP contribution < -0.4 is 21.2 Å². The van der Waals surface area contributed by atoms with Crippen LogP contribution in [0.2, 0.25) is 0 Å². The summed E-state index contributed by atoms with van der Waals surface area (Å²) in [5, 5.41) is 40.9. The van der Waals surface area contributed by atoms with Gasteiger partial charge in [0.2, 0.25) is 0 Å². The predicted molar refractivity (Wildman–Crippen MR) is 119 cm³/mol. The molecule has 0 radical (unpaired) electrons. The molecular weight excluding hydrogens is 535 g/mol. The van der Waals surface area contributed by atoms with E-state index in [1.807, 2.05) is 12.1 Å². The Labute approximate surface area is 203 Å². The fourth-order valence-electron chi connectivity index (χ4n) is 4.58. The van der Waals surface area contributed by atoms with Gasteiger partial charge >= 0.3 is 204 Å². The average Bonchev–Trinajstić information content (AvgIpc) is 3.76. The Kier molecular flexibility index (Phi) is 6.03. The first-order valence-corrected chi connectivity index (χ1v) is 13.8. The summed E-state index contributed by atoms with van der Waals surface area (Å²) < 4.78 is 13.3. The van der Waals surface area contributed by atoms with Crippen molar-refractivity contribution < 1.29 is 51.1 Å². The molecule has 0 saturated carbocycles. The van der Waals surface area contributed by atoms with E-state index >= 15 is 0 Å². The third kappa shape index (κ3) is 4.10. The number of rotatable bonds is 6. The van der Waals surface area contributed by atoms with Crippen LogP contribution in [0.1, 0.15) is 38.7 Å². The molecule has 176 valence electrons. The van der Waals surface area contributed by atoms with Gasteiger partial charge in [-0.25, -0.2) is 0 Å². The molecule has 6 nitrogen and oxygen atoms in total. The normalized spacial score (nSPS) is 34.3. The third-order valence-corrected chi connectivity index (χ3v) is 9.14. The summed E-state index contributed by atoms with van der Waals surface area (Å²) in [6, 6.07) is 14.5. The number of benzene rings is 2. The van der Waals surface area contributed by atoms with E-state index in [1.54, 1.807) is 0 Å². The molecule has 0 spiro atoms. The van der Waals surface area contributed by atoms with Gasteiger partial charge in [0.15, 0.2) is 0 Å². The van der Waals surface area contributed by atoms with Crippen LogP contribution in [0.25, 0.3) is 5.57 Å². The molecule has 2 unspecified atom stereocenters. The van der Waals surface area contributed by atoms with Crippen molar-refractivity contribution in [2.24, 2.45) is 5.92 Å². The van der Waals surface area contributed by atoms with Gasteiger partial charge in [0.05, 0.1) is 0 Å². The first-order chi connectivity index (χ1) is 15.9. The Balaban J connectivity index is 1.50. The third-order valence-electron chi connectivity index (χ3n) is 6.71. The minimum atomic E-state index is -1.75. The number of halogens is 1. The number of alkyl halides is 2. The molecule has 3 aliphatic rings. The van der Waals surface area contributed by atoms with Crippen molar-refractivity contribution in [2.75, 3.05) is 11.5 Å². The minimum absolute atomic E-state index is 0.182. The SMILES string of the molecule is CO[C@@]1(c2ccc(C3C[I-]3)c(Cc3ccc(C4=CC4C)cc3)c2)O/C(=C/O)[C@@H](O)[C@H](O)[C@H]1O. The number of methoxy groups -OCH3 is 1. The molecule has 6 atom stereocenters. The van der Waals surface area contributed by atoms with E-state index in [4.69, 9.17) is 9.47 Å². The molecule has 7 heteroatoms. The summed E-state index contributed by atoms with van der Waals surface area (Å²) in [6.45, 7) is 2.19. The van der Waals surface area contributed by atoms with E-state index in [0.717, 1.165) is 12.0 Å². The van der Waals surface area contributed by atoms with Gasteiger partial charge in [0.1, 0.15) is 0 Å². The quantitative estimate of drug-likeness (QED) is 0.220. The zero-order valence-electron chi connectivity index (χ0n) is 18.5. The second-order valence-electron chi connectivity index (χ2n) is 8.86. The number of ether oxygens (including phenoxy) is 2. The Morgan fingerprint density at radius 2 is 1.85 bits per heavy atom. The summed E-state index contributed by atoms with van der Waals surface area (Å²) >= 11 is 0.182. The van der Waals surface area contributed by atoms with Gasteiger partial charge in [-0.1, -0.05) is 0 Å². The zero-order chi connectivity index (χ0) is 23.3. The number of aliphatic hydroxyl groups is 4. The van der Waals surface area contributed by atoms with Gasteiger partial charge in [0, 0.05) is 0 Å². The van der Waals surface area contributed by atoms with Gasteiger partial charge in [-0.2, -0.15) is 0 Å². The molecule has 33 heavy (non-hydrogen) atoms. The predicted octanol–water partition coefficient (Wildman–Crippen LogP) is -0.234. The molecule has 2 fully saturated rings. The molecule has 0 bridgehead atoms. The first kappa shape index (κ1) is 22.9. The number of aliphatic hydroxyl groups excluding tert-OH is 4. The summed E-state index contributed by atoms with van der Waals surface area (Å²) in [5.41, 5.74) is 6.81. The molecule has 0 amide bonds. The molecule has 2 saturated heterocycles. The second kappa shape index (κ2) is 8.70. The van der Waals surface area contributed by atoms with Gasteiger partial charge in [-0.05, 0) is 0 Å². The Hall–Kier alpha value is -1.91. The average molecular weight is 563 g/mol. The van der Waals surface area contributed by atoms with E-state index in [1.165, 1.54) is 33.8 Å². The summed E-state index contributed by atoms with van der Waals surface area (Å²) in [6.07, 6.45) is -1.11. The summed E-state index contributed by atoms with van der Waals surface area (Å²) in [4.78, 5) is 0. The van der Waals surface area contributed by atoms with Crippen LogP contribution in [0.5, 0.6) is 0 Å². The van der Waals surface area contributed by atoms with E-state index < -0.39 is 24.1 Å². The molecular formula is C26H28IO6-. The van der Waals surface area contributed by atoms with Crippen LogP contribution in [-0.4, -0.2) is 50.3 Å². The van der Waals surface area contributed by atoms with E-state index in [9.17, 15) is 20.4 Å². The number of allylic oxidation sites excluding steroid dienone is 2. The van der Waals surface area contributed by atoms with E-state index in [-0.39, 0.29) is 27.0 Å².